The highest BCUT2D eigenvalue weighted by molar-refractivity contribution is 9.10. The van der Waals surface area contributed by atoms with E-state index < -0.39 is 0 Å². The van der Waals surface area contributed by atoms with Crippen LogP contribution in [0.1, 0.15) is 11.1 Å². The van der Waals surface area contributed by atoms with E-state index in [0.29, 0.717) is 0 Å². The molecule has 9 aromatic rings. The molecule has 0 saturated carbocycles. The van der Waals surface area contributed by atoms with Crippen molar-refractivity contribution in [2.24, 2.45) is 0 Å². The highest BCUT2D eigenvalue weighted by Gasteiger charge is 2.25. The van der Waals surface area contributed by atoms with Crippen molar-refractivity contribution in [2.45, 2.75) is 0 Å². The fourth-order valence-electron chi connectivity index (χ4n) is 7.25. The average molecular weight is 740 g/mol. The number of hydrogen-bond donors (Lipinski definition) is 0. The maximum absolute atomic E-state index is 15.0. The van der Waals surface area contributed by atoms with Gasteiger partial charge in [0.1, 0.15) is 0 Å². The zero-order chi connectivity index (χ0) is 32.4. The topological polar surface area (TPSA) is 17.1 Å². The summed E-state index contributed by atoms with van der Waals surface area (Å²) < 4.78 is 1.99. The average Bonchev–Trinajstić information content (AvgIpc) is 3.44. The first kappa shape index (κ1) is 28.9. The maximum Gasteiger partial charge on any atom is 0.195 e. The van der Waals surface area contributed by atoms with Gasteiger partial charge in [0.15, 0.2) is 5.43 Å². The zero-order valence-corrected chi connectivity index (χ0v) is 28.7. The zero-order valence-electron chi connectivity index (χ0n) is 25.5. The summed E-state index contributed by atoms with van der Waals surface area (Å²) in [5.41, 5.74) is 7.24. The molecule has 0 spiro atoms. The van der Waals surface area contributed by atoms with Crippen molar-refractivity contribution in [2.75, 3.05) is 0 Å². The normalized spacial score (nSPS) is 11.5. The molecule has 0 aliphatic heterocycles. The quantitative estimate of drug-likeness (QED) is 0.130. The molecule has 0 aromatic heterocycles. The molecule has 48 heavy (non-hydrogen) atoms. The van der Waals surface area contributed by atoms with Crippen LogP contribution < -0.4 is 5.43 Å². The molecule has 0 N–H and O–H groups in total. The van der Waals surface area contributed by atoms with Gasteiger partial charge >= 0.3 is 0 Å². The molecule has 0 radical (unpaired) electrons. The first-order valence-electron chi connectivity index (χ1n) is 15.8. The van der Waals surface area contributed by atoms with Gasteiger partial charge in [-0.15, -0.1) is 0 Å². The van der Waals surface area contributed by atoms with Crippen LogP contribution in [-0.2, 0) is 0 Å². The van der Waals surface area contributed by atoms with Gasteiger partial charge in [-0.2, -0.15) is 0 Å². The maximum atomic E-state index is 15.0. The summed E-state index contributed by atoms with van der Waals surface area (Å²) in [4.78, 5) is 15.0. The highest BCUT2D eigenvalue weighted by Crippen LogP contribution is 2.47. The van der Waals surface area contributed by atoms with E-state index in [-0.39, 0.29) is 5.43 Å². The lowest BCUT2D eigenvalue weighted by atomic mass is 9.88. The van der Waals surface area contributed by atoms with E-state index in [2.05, 4.69) is 135 Å². The smallest absolute Gasteiger partial charge is 0.195 e. The first-order valence-corrected chi connectivity index (χ1v) is 17.4. The van der Waals surface area contributed by atoms with Crippen molar-refractivity contribution in [3.8, 4) is 45.2 Å². The Morgan fingerprint density at radius 3 is 1.71 bits per heavy atom. The van der Waals surface area contributed by atoms with Crippen molar-refractivity contribution in [3.05, 3.63) is 176 Å². The summed E-state index contributed by atoms with van der Waals surface area (Å²) in [5.74, 6) is 6.74. The molecule has 0 heterocycles. The molecule has 0 atom stereocenters. The van der Waals surface area contributed by atoms with Crippen LogP contribution in [0.4, 0.5) is 0 Å². The summed E-state index contributed by atoms with van der Waals surface area (Å²) in [7, 11) is 0. The van der Waals surface area contributed by atoms with Crippen molar-refractivity contribution >= 4 is 74.9 Å². The van der Waals surface area contributed by atoms with Crippen molar-refractivity contribution in [1.29, 1.82) is 0 Å². The van der Waals surface area contributed by atoms with Gasteiger partial charge in [-0.3, -0.25) is 4.79 Å². The lowest BCUT2D eigenvalue weighted by Gasteiger charge is -2.14. The molecule has 0 aliphatic carbocycles. The van der Waals surface area contributed by atoms with Gasteiger partial charge in [-0.25, -0.2) is 0 Å². The molecule has 0 amide bonds. The van der Waals surface area contributed by atoms with Gasteiger partial charge in [-0.1, -0.05) is 141 Å². The minimum absolute atomic E-state index is 0.0506. The third-order valence-electron chi connectivity index (χ3n) is 9.32. The van der Waals surface area contributed by atoms with E-state index in [0.717, 1.165) is 75.0 Å². The molecule has 3 heteroatoms. The van der Waals surface area contributed by atoms with Crippen LogP contribution in [0.15, 0.2) is 159 Å². The fourth-order valence-corrected chi connectivity index (χ4v) is 7.87. The SMILES string of the molecule is O=c1c(-c2ccccc2)c2c3cccc4ccc5cccc(c2c1-c1cccc(-c2cc(Br)ccc2C#Cc2ccc(Br)cc2)c1)c5c43. The predicted molar refractivity (Wildman–Crippen MR) is 209 cm³/mol. The number of rotatable bonds is 3. The molecule has 0 aliphatic rings. The molecule has 224 valence electrons. The van der Waals surface area contributed by atoms with Crippen LogP contribution in [-0.4, -0.2) is 0 Å². The molecular weight excluding hydrogens is 716 g/mol. The minimum Gasteiger partial charge on any atom is -0.289 e. The Morgan fingerprint density at radius 2 is 1.02 bits per heavy atom. The molecule has 0 unspecified atom stereocenters. The van der Waals surface area contributed by atoms with E-state index >= 15 is 0 Å². The fraction of sp³-hybridized carbons (Fsp3) is 0. The standard InChI is InChI=1S/C45H24Br2O/c46-34-22-16-27(17-23-34)15-18-28-21-24-35(47)26-38(28)32-11-4-12-33(25-32)42-44-37-14-6-10-31-20-19-30-9-5-13-36(39(30)40(31)37)43(44)41(45(42)48)29-7-2-1-3-8-29/h1-14,16-17,19-26H. The first-order chi connectivity index (χ1) is 23.5. The van der Waals surface area contributed by atoms with Crippen molar-refractivity contribution < 1.29 is 0 Å². The van der Waals surface area contributed by atoms with E-state index in [1.54, 1.807) is 0 Å². The van der Waals surface area contributed by atoms with Gasteiger partial charge < -0.3 is 0 Å². The predicted octanol–water partition coefficient (Wildman–Crippen LogP) is 12.5. The van der Waals surface area contributed by atoms with Gasteiger partial charge in [0, 0.05) is 42.0 Å². The number of benzene rings is 8. The van der Waals surface area contributed by atoms with Gasteiger partial charge in [0.05, 0.1) is 0 Å². The minimum atomic E-state index is 0.0506. The largest absolute Gasteiger partial charge is 0.289 e. The molecule has 9 rings (SSSR count). The van der Waals surface area contributed by atoms with Gasteiger partial charge in [0.2, 0.25) is 0 Å². The van der Waals surface area contributed by atoms with Crippen LogP contribution in [0.3, 0.4) is 0 Å². The van der Waals surface area contributed by atoms with Crippen LogP contribution >= 0.6 is 31.9 Å². The number of halogens is 2. The Balaban J connectivity index is 1.34. The summed E-state index contributed by atoms with van der Waals surface area (Å²) >= 11 is 7.20. The monoisotopic (exact) mass is 738 g/mol. The summed E-state index contributed by atoms with van der Waals surface area (Å²) in [5, 5.41) is 9.03. The second kappa shape index (κ2) is 11.5. The van der Waals surface area contributed by atoms with Crippen LogP contribution in [0.25, 0.3) is 76.5 Å². The van der Waals surface area contributed by atoms with E-state index in [4.69, 9.17) is 0 Å². The lowest BCUT2D eigenvalue weighted by Crippen LogP contribution is -2.02. The van der Waals surface area contributed by atoms with Crippen LogP contribution in [0, 0.1) is 11.8 Å². The molecule has 0 bridgehead atoms. The third-order valence-corrected chi connectivity index (χ3v) is 10.3. The second-order valence-electron chi connectivity index (χ2n) is 12.1. The Kier molecular flexibility index (Phi) is 6.90. The van der Waals surface area contributed by atoms with Crippen molar-refractivity contribution in [3.63, 3.8) is 0 Å². The lowest BCUT2D eigenvalue weighted by molar-refractivity contribution is 1.54. The molecular formula is C45H24Br2O. The Morgan fingerprint density at radius 1 is 0.438 bits per heavy atom. The van der Waals surface area contributed by atoms with Gasteiger partial charge in [0.25, 0.3) is 0 Å². The summed E-state index contributed by atoms with van der Waals surface area (Å²) in [6.07, 6.45) is 0. The highest BCUT2D eigenvalue weighted by atomic mass is 79.9. The summed E-state index contributed by atoms with van der Waals surface area (Å²) in [6.45, 7) is 0. The Hall–Kier alpha value is -5.27. The van der Waals surface area contributed by atoms with Crippen molar-refractivity contribution in [1.82, 2.24) is 0 Å². The molecule has 1 nitrogen and oxygen atoms in total. The second-order valence-corrected chi connectivity index (χ2v) is 13.9. The van der Waals surface area contributed by atoms with E-state index in [9.17, 15) is 4.79 Å². The number of hydrogen-bond acceptors (Lipinski definition) is 1. The summed E-state index contributed by atoms with van der Waals surface area (Å²) in [6, 6.07) is 50.0. The third kappa shape index (κ3) is 4.64. The number of fused-ring (bicyclic) bond motifs is 3. The molecule has 0 saturated heterocycles. The van der Waals surface area contributed by atoms with E-state index in [1.807, 2.05) is 54.6 Å². The molecule has 0 fully saturated rings. The Labute approximate surface area is 294 Å². The van der Waals surface area contributed by atoms with Crippen LogP contribution in [0.5, 0.6) is 0 Å². The van der Waals surface area contributed by atoms with Gasteiger partial charge in [-0.05, 0) is 103 Å². The molecule has 9 aromatic carbocycles. The Bertz CT molecular complexity index is 2810. The van der Waals surface area contributed by atoms with Crippen LogP contribution in [0.2, 0.25) is 0 Å². The van der Waals surface area contributed by atoms with E-state index in [1.165, 1.54) is 21.5 Å².